The van der Waals surface area contributed by atoms with Gasteiger partial charge in [0, 0.05) is 34.3 Å². The Bertz CT molecular complexity index is 539. The van der Waals surface area contributed by atoms with Gasteiger partial charge in [0.2, 0.25) is 0 Å². The van der Waals surface area contributed by atoms with Gasteiger partial charge in [0.25, 0.3) is 0 Å². The summed E-state index contributed by atoms with van der Waals surface area (Å²) in [4.78, 5) is 17.1. The van der Waals surface area contributed by atoms with Crippen molar-refractivity contribution in [2.75, 3.05) is 19.6 Å². The number of ketones is 1. The number of aliphatic hydroxyl groups is 1. The lowest BCUT2D eigenvalue weighted by molar-refractivity contribution is -0.0936. The maximum atomic E-state index is 12.5. The Morgan fingerprint density at radius 2 is 2.24 bits per heavy atom. The third-order valence-electron chi connectivity index (χ3n) is 5.22. The molecule has 1 saturated carbocycles. The van der Waals surface area contributed by atoms with E-state index in [1.807, 2.05) is 13.0 Å². The zero-order valence-electron chi connectivity index (χ0n) is 13.0. The van der Waals surface area contributed by atoms with Gasteiger partial charge in [-0.2, -0.15) is 0 Å². The average molecular weight is 307 g/mol. The van der Waals surface area contributed by atoms with Crippen molar-refractivity contribution in [3.05, 3.63) is 21.4 Å². The highest BCUT2D eigenvalue weighted by atomic mass is 32.1. The minimum atomic E-state index is -0.452. The van der Waals surface area contributed by atoms with Crippen molar-refractivity contribution in [2.24, 2.45) is 5.92 Å². The molecule has 1 N–H and O–H groups in total. The largest absolute Gasteiger partial charge is 0.390 e. The van der Waals surface area contributed by atoms with E-state index in [9.17, 15) is 9.90 Å². The molecule has 1 aliphatic carbocycles. The smallest absolute Gasteiger partial charge is 0.177 e. The molecule has 2 fully saturated rings. The van der Waals surface area contributed by atoms with Gasteiger partial charge in [0.05, 0.1) is 12.1 Å². The lowest BCUT2D eigenvalue weighted by Crippen LogP contribution is -2.54. The quantitative estimate of drug-likeness (QED) is 0.872. The van der Waals surface area contributed by atoms with Gasteiger partial charge in [-0.15, -0.1) is 11.3 Å². The van der Waals surface area contributed by atoms with Crippen LogP contribution in [-0.2, 0) is 0 Å². The van der Waals surface area contributed by atoms with E-state index in [1.165, 1.54) is 11.3 Å². The number of carbonyl (C=O) groups is 1. The molecular weight excluding hydrogens is 282 g/mol. The standard InChI is InChI=1S/C17H25NO2S/c1-12-9-15(13(2)21-12)16(19)11-18-8-7-17(20)6-4-3-5-14(17)10-18/h9,14,20H,3-8,10-11H2,1-2H3. The summed E-state index contributed by atoms with van der Waals surface area (Å²) in [5.74, 6) is 0.594. The van der Waals surface area contributed by atoms with Crippen molar-refractivity contribution < 1.29 is 9.90 Å². The summed E-state index contributed by atoms with van der Waals surface area (Å²) in [7, 11) is 0. The SMILES string of the molecule is Cc1cc(C(=O)CN2CCC3(O)CCCCC3C2)c(C)s1. The van der Waals surface area contributed by atoms with Crippen LogP contribution in [0, 0.1) is 19.8 Å². The topological polar surface area (TPSA) is 40.5 Å². The van der Waals surface area contributed by atoms with Crippen LogP contribution in [0.4, 0.5) is 0 Å². The van der Waals surface area contributed by atoms with E-state index in [0.717, 1.165) is 49.2 Å². The van der Waals surface area contributed by atoms with Gasteiger partial charge in [-0.05, 0) is 39.2 Å². The van der Waals surface area contributed by atoms with E-state index in [1.54, 1.807) is 11.3 Å². The van der Waals surface area contributed by atoms with E-state index >= 15 is 0 Å². The van der Waals surface area contributed by atoms with Gasteiger partial charge in [0.1, 0.15) is 0 Å². The van der Waals surface area contributed by atoms with Gasteiger partial charge >= 0.3 is 0 Å². The van der Waals surface area contributed by atoms with Gasteiger partial charge in [-0.25, -0.2) is 0 Å². The van der Waals surface area contributed by atoms with Crippen LogP contribution in [0.25, 0.3) is 0 Å². The summed E-state index contributed by atoms with van der Waals surface area (Å²) in [6.45, 7) is 6.31. The second-order valence-corrected chi connectivity index (χ2v) is 8.24. The fourth-order valence-electron chi connectivity index (χ4n) is 3.98. The summed E-state index contributed by atoms with van der Waals surface area (Å²) in [5.41, 5.74) is 0.439. The molecule has 3 nitrogen and oxygen atoms in total. The molecule has 2 heterocycles. The predicted molar refractivity (Wildman–Crippen MR) is 86.1 cm³/mol. The highest BCUT2D eigenvalue weighted by molar-refractivity contribution is 7.12. The van der Waals surface area contributed by atoms with Crippen LogP contribution in [-0.4, -0.2) is 41.0 Å². The molecule has 0 radical (unpaired) electrons. The molecular formula is C17H25NO2S. The zero-order chi connectivity index (χ0) is 15.0. The molecule has 116 valence electrons. The van der Waals surface area contributed by atoms with Crippen LogP contribution in [0.15, 0.2) is 6.07 Å². The number of aryl methyl sites for hydroxylation is 2. The molecule has 2 unspecified atom stereocenters. The molecule has 0 amide bonds. The Balaban J connectivity index is 1.64. The van der Waals surface area contributed by atoms with Crippen molar-refractivity contribution in [3.63, 3.8) is 0 Å². The first-order valence-electron chi connectivity index (χ1n) is 8.03. The van der Waals surface area contributed by atoms with E-state index in [2.05, 4.69) is 11.8 Å². The molecule has 2 atom stereocenters. The maximum absolute atomic E-state index is 12.5. The third-order valence-corrected chi connectivity index (χ3v) is 6.19. The normalized spacial score (nSPS) is 30.1. The Morgan fingerprint density at radius 3 is 2.95 bits per heavy atom. The van der Waals surface area contributed by atoms with Crippen LogP contribution >= 0.6 is 11.3 Å². The molecule has 21 heavy (non-hydrogen) atoms. The minimum Gasteiger partial charge on any atom is -0.390 e. The predicted octanol–water partition coefficient (Wildman–Crippen LogP) is 3.17. The highest BCUT2D eigenvalue weighted by Crippen LogP contribution is 2.39. The summed E-state index contributed by atoms with van der Waals surface area (Å²) in [6.07, 6.45) is 5.25. The number of Topliss-reactive ketones (excluding diaryl/α,β-unsaturated/α-hetero) is 1. The van der Waals surface area contributed by atoms with Crippen molar-refractivity contribution in [1.29, 1.82) is 0 Å². The summed E-state index contributed by atoms with van der Waals surface area (Å²) in [5, 5.41) is 10.7. The van der Waals surface area contributed by atoms with Gasteiger partial charge < -0.3 is 5.11 Å². The van der Waals surface area contributed by atoms with Gasteiger partial charge in [-0.1, -0.05) is 12.8 Å². The summed E-state index contributed by atoms with van der Waals surface area (Å²) < 4.78 is 0. The highest BCUT2D eigenvalue weighted by Gasteiger charge is 2.42. The number of likely N-dealkylation sites (tertiary alicyclic amines) is 1. The molecule has 3 rings (SSSR count). The molecule has 2 aliphatic rings. The first-order chi connectivity index (χ1) is 9.98. The summed E-state index contributed by atoms with van der Waals surface area (Å²) in [6, 6.07) is 2.02. The number of hydrogen-bond acceptors (Lipinski definition) is 4. The maximum Gasteiger partial charge on any atom is 0.177 e. The Morgan fingerprint density at radius 1 is 1.43 bits per heavy atom. The Kier molecular flexibility index (Phi) is 4.21. The molecule has 0 spiro atoms. The van der Waals surface area contributed by atoms with Crippen molar-refractivity contribution >= 4 is 17.1 Å². The second kappa shape index (κ2) is 5.82. The Hall–Kier alpha value is -0.710. The third kappa shape index (κ3) is 3.08. The Labute approximate surface area is 131 Å². The molecule has 1 aromatic rings. The number of thiophene rings is 1. The first kappa shape index (κ1) is 15.2. The number of carbonyl (C=O) groups excluding carboxylic acids is 1. The average Bonchev–Trinajstić information content (AvgIpc) is 2.78. The number of nitrogens with zero attached hydrogens (tertiary/aromatic N) is 1. The number of hydrogen-bond donors (Lipinski definition) is 1. The molecule has 1 aromatic heterocycles. The van der Waals surface area contributed by atoms with Crippen molar-refractivity contribution in [3.8, 4) is 0 Å². The second-order valence-electron chi connectivity index (χ2n) is 6.78. The van der Waals surface area contributed by atoms with E-state index < -0.39 is 5.60 Å². The summed E-state index contributed by atoms with van der Waals surface area (Å²) >= 11 is 1.70. The zero-order valence-corrected chi connectivity index (χ0v) is 13.8. The lowest BCUT2D eigenvalue weighted by atomic mass is 9.71. The van der Waals surface area contributed by atoms with Crippen LogP contribution in [0.5, 0.6) is 0 Å². The van der Waals surface area contributed by atoms with Crippen molar-refractivity contribution in [2.45, 2.75) is 51.6 Å². The van der Waals surface area contributed by atoms with Crippen LogP contribution < -0.4 is 0 Å². The molecule has 0 bridgehead atoms. The molecule has 1 saturated heterocycles. The van der Waals surface area contributed by atoms with Gasteiger partial charge in [0.15, 0.2) is 5.78 Å². The van der Waals surface area contributed by atoms with E-state index in [4.69, 9.17) is 0 Å². The van der Waals surface area contributed by atoms with Crippen LogP contribution in [0.2, 0.25) is 0 Å². The molecule has 1 aliphatic heterocycles. The van der Waals surface area contributed by atoms with E-state index in [-0.39, 0.29) is 5.78 Å². The fourth-order valence-corrected chi connectivity index (χ4v) is 4.92. The molecule has 0 aromatic carbocycles. The number of piperidine rings is 1. The minimum absolute atomic E-state index is 0.234. The number of rotatable bonds is 3. The van der Waals surface area contributed by atoms with E-state index in [0.29, 0.717) is 12.5 Å². The monoisotopic (exact) mass is 307 g/mol. The fraction of sp³-hybridized carbons (Fsp3) is 0.706. The van der Waals surface area contributed by atoms with Gasteiger partial charge in [-0.3, -0.25) is 9.69 Å². The first-order valence-corrected chi connectivity index (χ1v) is 8.84. The van der Waals surface area contributed by atoms with Crippen molar-refractivity contribution in [1.82, 2.24) is 4.90 Å². The van der Waals surface area contributed by atoms with Crippen LogP contribution in [0.1, 0.15) is 52.2 Å². The van der Waals surface area contributed by atoms with Crippen LogP contribution in [0.3, 0.4) is 0 Å². The number of fused-ring (bicyclic) bond motifs is 1. The molecule has 4 heteroatoms. The lowest BCUT2D eigenvalue weighted by Gasteiger charge is -2.47.